The standard InChI is InChI=1S/C17H27N3O/c1-5-18-14-8-9-16(13(2)11-14)17(21)20(4)15-7-6-10-19(3)12-15/h8-9,11,15,18H,5-7,10,12H2,1-4H3. The number of carbonyl (C=O) groups excluding carboxylic acids is 1. The third kappa shape index (κ3) is 3.76. The maximum Gasteiger partial charge on any atom is 0.254 e. The lowest BCUT2D eigenvalue weighted by atomic mass is 10.0. The first-order chi connectivity index (χ1) is 10.0. The minimum Gasteiger partial charge on any atom is -0.385 e. The molecule has 4 heteroatoms. The molecule has 0 spiro atoms. The molecule has 1 heterocycles. The molecule has 1 N–H and O–H groups in total. The SMILES string of the molecule is CCNc1ccc(C(=O)N(C)C2CCCN(C)C2)c(C)c1. The quantitative estimate of drug-likeness (QED) is 0.925. The summed E-state index contributed by atoms with van der Waals surface area (Å²) in [6.45, 7) is 7.07. The Kier molecular flexibility index (Phi) is 5.23. The predicted octanol–water partition coefficient (Wildman–Crippen LogP) is 2.59. The maximum atomic E-state index is 12.7. The van der Waals surface area contributed by atoms with Gasteiger partial charge in [0.1, 0.15) is 0 Å². The smallest absolute Gasteiger partial charge is 0.254 e. The van der Waals surface area contributed by atoms with Gasteiger partial charge in [0.25, 0.3) is 5.91 Å². The van der Waals surface area contributed by atoms with Crippen LogP contribution in [0, 0.1) is 6.92 Å². The number of hydrogen-bond acceptors (Lipinski definition) is 3. The van der Waals surface area contributed by atoms with E-state index in [1.54, 1.807) is 0 Å². The second-order valence-electron chi connectivity index (χ2n) is 6.03. The number of carbonyl (C=O) groups is 1. The Labute approximate surface area is 128 Å². The van der Waals surface area contributed by atoms with E-state index < -0.39 is 0 Å². The Morgan fingerprint density at radius 3 is 2.86 bits per heavy atom. The van der Waals surface area contributed by atoms with E-state index in [0.717, 1.165) is 49.3 Å². The van der Waals surface area contributed by atoms with Crippen molar-refractivity contribution in [2.75, 3.05) is 39.0 Å². The first-order valence-corrected chi connectivity index (χ1v) is 7.83. The molecule has 1 aromatic rings. The molecule has 4 nitrogen and oxygen atoms in total. The van der Waals surface area contributed by atoms with Gasteiger partial charge >= 0.3 is 0 Å². The number of nitrogens with one attached hydrogen (secondary N) is 1. The van der Waals surface area contributed by atoms with Crippen LogP contribution >= 0.6 is 0 Å². The van der Waals surface area contributed by atoms with E-state index in [1.165, 1.54) is 0 Å². The zero-order chi connectivity index (χ0) is 15.4. The highest BCUT2D eigenvalue weighted by atomic mass is 16.2. The molecule has 0 radical (unpaired) electrons. The molecular weight excluding hydrogens is 262 g/mol. The molecule has 1 aliphatic rings. The summed E-state index contributed by atoms with van der Waals surface area (Å²) in [6, 6.07) is 6.31. The third-order valence-corrected chi connectivity index (χ3v) is 4.31. The van der Waals surface area contributed by atoms with Crippen LogP contribution in [0.25, 0.3) is 0 Å². The number of benzene rings is 1. The van der Waals surface area contributed by atoms with E-state index in [-0.39, 0.29) is 5.91 Å². The van der Waals surface area contributed by atoms with Gasteiger partial charge in [-0.15, -0.1) is 0 Å². The van der Waals surface area contributed by atoms with Crippen LogP contribution in [-0.4, -0.2) is 55.5 Å². The average molecular weight is 289 g/mol. The van der Waals surface area contributed by atoms with Gasteiger partial charge in [-0.25, -0.2) is 0 Å². The van der Waals surface area contributed by atoms with Crippen molar-refractivity contribution < 1.29 is 4.79 Å². The van der Waals surface area contributed by atoms with Crippen LogP contribution in [0.5, 0.6) is 0 Å². The van der Waals surface area contributed by atoms with Gasteiger partial charge in [-0.3, -0.25) is 4.79 Å². The first kappa shape index (κ1) is 15.8. The van der Waals surface area contributed by atoms with Crippen molar-refractivity contribution in [3.05, 3.63) is 29.3 Å². The zero-order valence-corrected chi connectivity index (χ0v) is 13.6. The molecule has 1 unspecified atom stereocenters. The number of aryl methyl sites for hydroxylation is 1. The summed E-state index contributed by atoms with van der Waals surface area (Å²) >= 11 is 0. The van der Waals surface area contributed by atoms with Gasteiger partial charge in [-0.1, -0.05) is 0 Å². The van der Waals surface area contributed by atoms with Crippen molar-refractivity contribution in [3.8, 4) is 0 Å². The Morgan fingerprint density at radius 1 is 1.48 bits per heavy atom. The number of anilines is 1. The second kappa shape index (κ2) is 6.94. The molecule has 1 aliphatic heterocycles. The van der Waals surface area contributed by atoms with E-state index >= 15 is 0 Å². The minimum atomic E-state index is 0.135. The molecule has 116 valence electrons. The Bertz CT molecular complexity index is 501. The molecule has 1 atom stereocenters. The molecule has 0 aromatic heterocycles. The van der Waals surface area contributed by atoms with Crippen molar-refractivity contribution in [2.45, 2.75) is 32.7 Å². The molecule has 1 amide bonds. The number of nitrogens with zero attached hydrogens (tertiary/aromatic N) is 2. The summed E-state index contributed by atoms with van der Waals surface area (Å²) in [6.07, 6.45) is 2.26. The van der Waals surface area contributed by atoms with Gasteiger partial charge in [0, 0.05) is 37.4 Å². The highest BCUT2D eigenvalue weighted by Crippen LogP contribution is 2.20. The van der Waals surface area contributed by atoms with E-state index in [1.807, 2.05) is 31.0 Å². The lowest BCUT2D eigenvalue weighted by Crippen LogP contribution is -2.47. The third-order valence-electron chi connectivity index (χ3n) is 4.31. The van der Waals surface area contributed by atoms with Gasteiger partial charge < -0.3 is 15.1 Å². The summed E-state index contributed by atoms with van der Waals surface area (Å²) in [4.78, 5) is 17.0. The second-order valence-corrected chi connectivity index (χ2v) is 6.03. The maximum absolute atomic E-state index is 12.7. The number of piperidine rings is 1. The van der Waals surface area contributed by atoms with Crippen molar-refractivity contribution in [1.29, 1.82) is 0 Å². The molecule has 1 saturated heterocycles. The van der Waals surface area contributed by atoms with E-state index in [0.29, 0.717) is 6.04 Å². The van der Waals surface area contributed by atoms with Gasteiger partial charge in [0.05, 0.1) is 0 Å². The summed E-state index contributed by atoms with van der Waals surface area (Å²) in [5, 5.41) is 3.28. The number of amides is 1. The molecule has 21 heavy (non-hydrogen) atoms. The van der Waals surface area contributed by atoms with Crippen LogP contribution in [0.15, 0.2) is 18.2 Å². The van der Waals surface area contributed by atoms with Crippen LogP contribution < -0.4 is 5.32 Å². The summed E-state index contributed by atoms with van der Waals surface area (Å²) in [7, 11) is 4.06. The number of likely N-dealkylation sites (tertiary alicyclic amines) is 1. The molecule has 2 rings (SSSR count). The van der Waals surface area contributed by atoms with Crippen molar-refractivity contribution in [2.24, 2.45) is 0 Å². The first-order valence-electron chi connectivity index (χ1n) is 7.83. The highest BCUT2D eigenvalue weighted by molar-refractivity contribution is 5.96. The lowest BCUT2D eigenvalue weighted by molar-refractivity contribution is 0.0643. The summed E-state index contributed by atoms with van der Waals surface area (Å²) < 4.78 is 0. The number of hydrogen-bond donors (Lipinski definition) is 1. The predicted molar refractivity (Wildman–Crippen MR) is 88.0 cm³/mol. The van der Waals surface area contributed by atoms with E-state index in [4.69, 9.17) is 0 Å². The Balaban J connectivity index is 2.11. The summed E-state index contributed by atoms with van der Waals surface area (Å²) in [5.41, 5.74) is 2.92. The lowest BCUT2D eigenvalue weighted by Gasteiger charge is -2.36. The molecule has 0 saturated carbocycles. The van der Waals surface area contributed by atoms with Crippen molar-refractivity contribution in [3.63, 3.8) is 0 Å². The van der Waals surface area contributed by atoms with E-state index in [2.05, 4.69) is 30.3 Å². The molecule has 1 fully saturated rings. The topological polar surface area (TPSA) is 35.6 Å². The normalized spacial score (nSPS) is 19.3. The van der Waals surface area contributed by atoms with Crippen molar-refractivity contribution in [1.82, 2.24) is 9.80 Å². The number of likely N-dealkylation sites (N-methyl/N-ethyl adjacent to an activating group) is 2. The van der Waals surface area contributed by atoms with Gasteiger partial charge in [-0.2, -0.15) is 0 Å². The fraction of sp³-hybridized carbons (Fsp3) is 0.588. The summed E-state index contributed by atoms with van der Waals surface area (Å²) in [5.74, 6) is 0.135. The van der Waals surface area contributed by atoms with Crippen LogP contribution in [0.1, 0.15) is 35.7 Å². The Hall–Kier alpha value is -1.55. The van der Waals surface area contributed by atoms with Crippen LogP contribution in [0.2, 0.25) is 0 Å². The van der Waals surface area contributed by atoms with Crippen LogP contribution in [0.4, 0.5) is 5.69 Å². The number of rotatable bonds is 4. The average Bonchev–Trinajstić information content (AvgIpc) is 2.46. The fourth-order valence-corrected chi connectivity index (χ4v) is 3.03. The van der Waals surface area contributed by atoms with Crippen LogP contribution in [-0.2, 0) is 0 Å². The minimum absolute atomic E-state index is 0.135. The van der Waals surface area contributed by atoms with Gasteiger partial charge in [0.15, 0.2) is 0 Å². The molecular formula is C17H27N3O. The van der Waals surface area contributed by atoms with Gasteiger partial charge in [0.2, 0.25) is 0 Å². The van der Waals surface area contributed by atoms with Crippen molar-refractivity contribution >= 4 is 11.6 Å². The van der Waals surface area contributed by atoms with E-state index in [9.17, 15) is 4.79 Å². The Morgan fingerprint density at radius 2 is 2.24 bits per heavy atom. The molecule has 0 bridgehead atoms. The zero-order valence-electron chi connectivity index (χ0n) is 13.6. The highest BCUT2D eigenvalue weighted by Gasteiger charge is 2.25. The van der Waals surface area contributed by atoms with Gasteiger partial charge in [-0.05, 0) is 64.0 Å². The fourth-order valence-electron chi connectivity index (χ4n) is 3.03. The monoisotopic (exact) mass is 289 g/mol. The molecule has 1 aromatic carbocycles. The van der Waals surface area contributed by atoms with Crippen LogP contribution in [0.3, 0.4) is 0 Å². The molecule has 0 aliphatic carbocycles. The largest absolute Gasteiger partial charge is 0.385 e.